The Kier molecular flexibility index (Phi) is 8.42. The highest BCUT2D eigenvalue weighted by molar-refractivity contribution is 8.00. The first-order valence-electron chi connectivity index (χ1n) is 11.9. The monoisotopic (exact) mass is 558 g/mol. The number of carbonyl (C=O) groups excluding carboxylic acids is 3. The number of aromatic nitrogens is 3. The standard InChI is InChI=1S/C24H26N6O6S2/c1-4-36-23(33)19-16-6-5-7-17(16)38-22(19)26-20(31)13(2)37-24-28-27-18(29(24)3)12-25-21(32)14-8-10-15(11-9-14)30(34)35/h8-11,13H,4-7,12H2,1-3H3,(H,25,32)(H,26,31)/t13-/m0/s1. The van der Waals surface area contributed by atoms with Crippen LogP contribution in [0, 0.1) is 10.1 Å². The Bertz CT molecular complexity index is 1380. The molecule has 0 saturated carbocycles. The van der Waals surface area contributed by atoms with Crippen molar-refractivity contribution in [2.24, 2.45) is 7.05 Å². The smallest absolute Gasteiger partial charge is 0.341 e. The average Bonchev–Trinajstić information content (AvgIpc) is 3.57. The summed E-state index contributed by atoms with van der Waals surface area (Å²) >= 11 is 2.62. The van der Waals surface area contributed by atoms with Crippen molar-refractivity contribution in [3.63, 3.8) is 0 Å². The molecule has 1 atom stereocenters. The van der Waals surface area contributed by atoms with E-state index in [0.717, 1.165) is 29.7 Å². The zero-order valence-corrected chi connectivity index (χ0v) is 22.6. The van der Waals surface area contributed by atoms with Crippen LogP contribution in [0.5, 0.6) is 0 Å². The summed E-state index contributed by atoms with van der Waals surface area (Å²) in [6, 6.07) is 5.28. The van der Waals surface area contributed by atoms with Crippen molar-refractivity contribution in [3.05, 3.63) is 61.8 Å². The van der Waals surface area contributed by atoms with Gasteiger partial charge in [0, 0.05) is 29.6 Å². The Labute approximate surface area is 226 Å². The number of non-ortho nitro benzene ring substituents is 1. The van der Waals surface area contributed by atoms with Gasteiger partial charge >= 0.3 is 5.97 Å². The van der Waals surface area contributed by atoms with Crippen LogP contribution in [0.3, 0.4) is 0 Å². The Balaban J connectivity index is 1.37. The second-order valence-electron chi connectivity index (χ2n) is 8.48. The first-order valence-corrected chi connectivity index (χ1v) is 13.6. The molecule has 14 heteroatoms. The summed E-state index contributed by atoms with van der Waals surface area (Å²) in [5.41, 5.74) is 1.60. The van der Waals surface area contributed by atoms with E-state index in [1.165, 1.54) is 47.4 Å². The summed E-state index contributed by atoms with van der Waals surface area (Å²) in [5.74, 6) is -0.646. The Morgan fingerprint density at radius 2 is 1.97 bits per heavy atom. The normalized spacial score (nSPS) is 13.0. The maximum atomic E-state index is 13.0. The van der Waals surface area contributed by atoms with E-state index in [1.807, 2.05) is 0 Å². The van der Waals surface area contributed by atoms with E-state index in [9.17, 15) is 24.5 Å². The molecule has 0 radical (unpaired) electrons. The van der Waals surface area contributed by atoms with Crippen molar-refractivity contribution in [1.29, 1.82) is 0 Å². The van der Waals surface area contributed by atoms with E-state index in [1.54, 1.807) is 25.5 Å². The van der Waals surface area contributed by atoms with Crippen molar-refractivity contribution >= 4 is 51.6 Å². The van der Waals surface area contributed by atoms with Gasteiger partial charge in [0.05, 0.1) is 28.9 Å². The maximum absolute atomic E-state index is 13.0. The molecule has 0 unspecified atom stereocenters. The van der Waals surface area contributed by atoms with E-state index in [2.05, 4.69) is 20.8 Å². The average molecular weight is 559 g/mol. The van der Waals surface area contributed by atoms with Gasteiger partial charge in [0.2, 0.25) is 5.91 Å². The second kappa shape index (κ2) is 11.7. The largest absolute Gasteiger partial charge is 0.462 e. The molecule has 2 aromatic heterocycles. The molecule has 4 rings (SSSR count). The summed E-state index contributed by atoms with van der Waals surface area (Å²) in [4.78, 5) is 49.3. The summed E-state index contributed by atoms with van der Waals surface area (Å²) in [6.45, 7) is 3.81. The number of amides is 2. The van der Waals surface area contributed by atoms with E-state index in [4.69, 9.17) is 4.74 Å². The number of hydrogen-bond acceptors (Lipinski definition) is 10. The third kappa shape index (κ3) is 5.86. The Morgan fingerprint density at radius 3 is 2.66 bits per heavy atom. The van der Waals surface area contributed by atoms with Crippen LogP contribution < -0.4 is 10.6 Å². The van der Waals surface area contributed by atoms with E-state index in [0.29, 0.717) is 21.5 Å². The van der Waals surface area contributed by atoms with Crippen LogP contribution in [0.15, 0.2) is 29.4 Å². The van der Waals surface area contributed by atoms with Crippen LogP contribution >= 0.6 is 23.1 Å². The van der Waals surface area contributed by atoms with Gasteiger partial charge in [-0.2, -0.15) is 0 Å². The lowest BCUT2D eigenvalue weighted by Gasteiger charge is -2.12. The molecule has 3 aromatic rings. The highest BCUT2D eigenvalue weighted by Gasteiger charge is 2.29. The topological polar surface area (TPSA) is 158 Å². The number of nitro benzene ring substituents is 1. The molecule has 1 aliphatic carbocycles. The number of esters is 1. The Morgan fingerprint density at radius 1 is 1.24 bits per heavy atom. The lowest BCUT2D eigenvalue weighted by molar-refractivity contribution is -0.384. The summed E-state index contributed by atoms with van der Waals surface area (Å²) in [7, 11) is 1.73. The number of anilines is 1. The quantitative estimate of drug-likeness (QED) is 0.164. The predicted molar refractivity (Wildman–Crippen MR) is 142 cm³/mol. The molecule has 0 bridgehead atoms. The highest BCUT2D eigenvalue weighted by atomic mass is 32.2. The molecule has 12 nitrogen and oxygen atoms in total. The molecule has 2 heterocycles. The van der Waals surface area contributed by atoms with Gasteiger partial charge in [0.15, 0.2) is 11.0 Å². The van der Waals surface area contributed by atoms with Gasteiger partial charge in [0.1, 0.15) is 5.00 Å². The minimum atomic E-state index is -0.549. The maximum Gasteiger partial charge on any atom is 0.341 e. The fraction of sp³-hybridized carbons (Fsp3) is 0.375. The Hall–Kier alpha value is -3.78. The molecule has 200 valence electrons. The summed E-state index contributed by atoms with van der Waals surface area (Å²) < 4.78 is 6.90. The third-order valence-corrected chi connectivity index (χ3v) is 8.30. The van der Waals surface area contributed by atoms with Crippen molar-refractivity contribution in [2.75, 3.05) is 11.9 Å². The lowest BCUT2D eigenvalue weighted by Crippen LogP contribution is -2.25. The number of carbonyl (C=O) groups is 3. The van der Waals surface area contributed by atoms with Crippen LogP contribution in [-0.4, -0.2) is 49.3 Å². The summed E-state index contributed by atoms with van der Waals surface area (Å²) in [6.07, 6.45) is 2.66. The van der Waals surface area contributed by atoms with Gasteiger partial charge in [-0.25, -0.2) is 4.79 Å². The van der Waals surface area contributed by atoms with Gasteiger partial charge in [-0.05, 0) is 50.8 Å². The number of nitrogens with zero attached hydrogens (tertiary/aromatic N) is 4. The number of benzene rings is 1. The number of aryl methyl sites for hydroxylation is 1. The molecule has 2 N–H and O–H groups in total. The molecular weight excluding hydrogens is 532 g/mol. The second-order valence-corrected chi connectivity index (χ2v) is 10.9. The number of thiophene rings is 1. The SMILES string of the molecule is CCOC(=O)c1c(NC(=O)[C@H](C)Sc2nnc(CNC(=O)c3ccc([N+](=O)[O-])cc3)n2C)sc2c1CCC2. The van der Waals surface area contributed by atoms with Crippen LogP contribution in [0.4, 0.5) is 10.7 Å². The molecule has 1 aromatic carbocycles. The highest BCUT2D eigenvalue weighted by Crippen LogP contribution is 2.40. The number of nitro groups is 1. The zero-order chi connectivity index (χ0) is 27.4. The minimum absolute atomic E-state index is 0.0735. The number of rotatable bonds is 10. The van der Waals surface area contributed by atoms with E-state index in [-0.39, 0.29) is 30.3 Å². The molecule has 2 amide bonds. The third-order valence-electron chi connectivity index (χ3n) is 5.96. The molecule has 0 fully saturated rings. The van der Waals surface area contributed by atoms with Crippen LogP contribution in [-0.2, 0) is 36.0 Å². The molecule has 0 aliphatic heterocycles. The minimum Gasteiger partial charge on any atom is -0.462 e. The molecular formula is C24H26N6O6S2. The first kappa shape index (κ1) is 27.3. The number of thioether (sulfide) groups is 1. The number of nitrogens with one attached hydrogen (secondary N) is 2. The van der Waals surface area contributed by atoms with E-state index >= 15 is 0 Å². The molecule has 38 heavy (non-hydrogen) atoms. The van der Waals surface area contributed by atoms with Crippen molar-refractivity contribution in [3.8, 4) is 0 Å². The van der Waals surface area contributed by atoms with Gasteiger partial charge in [0.25, 0.3) is 11.6 Å². The first-order chi connectivity index (χ1) is 18.2. The van der Waals surface area contributed by atoms with Gasteiger partial charge in [-0.15, -0.1) is 21.5 Å². The van der Waals surface area contributed by atoms with Gasteiger partial charge in [-0.1, -0.05) is 11.8 Å². The number of ether oxygens (including phenoxy) is 1. The fourth-order valence-electron chi connectivity index (χ4n) is 3.93. The lowest BCUT2D eigenvalue weighted by atomic mass is 10.1. The molecule has 0 spiro atoms. The van der Waals surface area contributed by atoms with Crippen LogP contribution in [0.1, 0.15) is 57.2 Å². The summed E-state index contributed by atoms with van der Waals surface area (Å²) in [5, 5.41) is 25.1. The molecule has 0 saturated heterocycles. The van der Waals surface area contributed by atoms with E-state index < -0.39 is 22.0 Å². The van der Waals surface area contributed by atoms with Crippen LogP contribution in [0.25, 0.3) is 0 Å². The van der Waals surface area contributed by atoms with Crippen molar-refractivity contribution < 1.29 is 24.0 Å². The predicted octanol–water partition coefficient (Wildman–Crippen LogP) is 3.50. The number of hydrogen-bond donors (Lipinski definition) is 2. The fourth-order valence-corrected chi connectivity index (χ4v) is 6.05. The van der Waals surface area contributed by atoms with Crippen molar-refractivity contribution in [2.45, 2.75) is 50.1 Å². The van der Waals surface area contributed by atoms with Crippen molar-refractivity contribution in [1.82, 2.24) is 20.1 Å². The molecule has 1 aliphatic rings. The van der Waals surface area contributed by atoms with Crippen LogP contribution in [0.2, 0.25) is 0 Å². The zero-order valence-electron chi connectivity index (χ0n) is 21.0. The number of fused-ring (bicyclic) bond motifs is 1. The van der Waals surface area contributed by atoms with Gasteiger partial charge < -0.3 is 19.9 Å². The van der Waals surface area contributed by atoms with Gasteiger partial charge in [-0.3, -0.25) is 19.7 Å².